The van der Waals surface area contributed by atoms with Crippen molar-refractivity contribution in [2.75, 3.05) is 13.2 Å². The standard InChI is InChI=1S/C18H19FN2O4/c1-11-8-15(12(2)21(11)3)16(22)10-25-17(23)9-20-18(24)13-4-6-14(19)7-5-13/h4-8H,9-10H2,1-3H3,(H,20,24). The zero-order chi connectivity index (χ0) is 18.6. The number of amides is 1. The highest BCUT2D eigenvalue weighted by molar-refractivity contribution is 5.99. The van der Waals surface area contributed by atoms with Crippen LogP contribution in [0.4, 0.5) is 4.39 Å². The van der Waals surface area contributed by atoms with Crippen molar-refractivity contribution < 1.29 is 23.5 Å². The van der Waals surface area contributed by atoms with Gasteiger partial charge in [0, 0.05) is 29.6 Å². The minimum absolute atomic E-state index is 0.223. The molecule has 1 amide bonds. The summed E-state index contributed by atoms with van der Waals surface area (Å²) in [6.07, 6.45) is 0. The zero-order valence-corrected chi connectivity index (χ0v) is 14.3. The second kappa shape index (κ2) is 7.74. The molecule has 0 spiro atoms. The number of nitrogens with one attached hydrogen (secondary N) is 1. The van der Waals surface area contributed by atoms with Crippen LogP contribution in [0.15, 0.2) is 30.3 Å². The van der Waals surface area contributed by atoms with Gasteiger partial charge in [-0.15, -0.1) is 0 Å². The van der Waals surface area contributed by atoms with Gasteiger partial charge >= 0.3 is 5.97 Å². The Morgan fingerprint density at radius 1 is 1.16 bits per heavy atom. The van der Waals surface area contributed by atoms with Crippen LogP contribution >= 0.6 is 0 Å². The minimum Gasteiger partial charge on any atom is -0.456 e. The summed E-state index contributed by atoms with van der Waals surface area (Å²) in [5.41, 5.74) is 2.45. The van der Waals surface area contributed by atoms with Gasteiger partial charge in [-0.05, 0) is 44.2 Å². The number of hydrogen-bond donors (Lipinski definition) is 1. The molecule has 7 heteroatoms. The summed E-state index contributed by atoms with van der Waals surface area (Å²) in [4.78, 5) is 35.6. The first-order valence-electron chi connectivity index (χ1n) is 7.65. The first kappa shape index (κ1) is 18.4. The molecule has 25 heavy (non-hydrogen) atoms. The highest BCUT2D eigenvalue weighted by atomic mass is 19.1. The molecule has 2 aromatic rings. The summed E-state index contributed by atoms with van der Waals surface area (Å²) >= 11 is 0. The Bertz CT molecular complexity index is 809. The van der Waals surface area contributed by atoms with Crippen molar-refractivity contribution in [1.29, 1.82) is 0 Å². The summed E-state index contributed by atoms with van der Waals surface area (Å²) in [6.45, 7) is 2.91. The third kappa shape index (κ3) is 4.53. The van der Waals surface area contributed by atoms with Crippen LogP contribution in [-0.2, 0) is 16.6 Å². The normalized spacial score (nSPS) is 10.4. The summed E-state index contributed by atoms with van der Waals surface area (Å²) in [6, 6.07) is 6.65. The van der Waals surface area contributed by atoms with E-state index in [1.165, 1.54) is 12.1 Å². The quantitative estimate of drug-likeness (QED) is 0.640. The molecule has 1 heterocycles. The Hall–Kier alpha value is -2.96. The van der Waals surface area contributed by atoms with E-state index in [9.17, 15) is 18.8 Å². The molecule has 2 rings (SSSR count). The lowest BCUT2D eigenvalue weighted by Gasteiger charge is -2.06. The van der Waals surface area contributed by atoms with Gasteiger partial charge in [0.2, 0.25) is 5.78 Å². The molecule has 0 saturated heterocycles. The molecule has 0 bridgehead atoms. The predicted molar refractivity (Wildman–Crippen MR) is 88.9 cm³/mol. The number of ether oxygens (including phenoxy) is 1. The summed E-state index contributed by atoms with van der Waals surface area (Å²) in [5, 5.41) is 2.35. The number of aryl methyl sites for hydroxylation is 1. The van der Waals surface area contributed by atoms with Crippen molar-refractivity contribution >= 4 is 17.7 Å². The van der Waals surface area contributed by atoms with Crippen molar-refractivity contribution in [2.24, 2.45) is 7.05 Å². The van der Waals surface area contributed by atoms with Crippen molar-refractivity contribution in [1.82, 2.24) is 9.88 Å². The van der Waals surface area contributed by atoms with Gasteiger partial charge in [0.05, 0.1) is 0 Å². The average molecular weight is 346 g/mol. The number of carbonyl (C=O) groups is 3. The number of Topliss-reactive ketones (excluding diaryl/α,β-unsaturated/α-hetero) is 1. The number of esters is 1. The van der Waals surface area contributed by atoms with Gasteiger partial charge in [-0.2, -0.15) is 0 Å². The van der Waals surface area contributed by atoms with Crippen molar-refractivity contribution in [3.8, 4) is 0 Å². The molecule has 0 radical (unpaired) electrons. The van der Waals surface area contributed by atoms with E-state index in [1.54, 1.807) is 6.07 Å². The SMILES string of the molecule is Cc1cc(C(=O)COC(=O)CNC(=O)c2ccc(F)cc2)c(C)n1C. The number of aromatic nitrogens is 1. The third-order valence-corrected chi connectivity index (χ3v) is 3.94. The zero-order valence-electron chi connectivity index (χ0n) is 14.3. The minimum atomic E-state index is -0.728. The molecule has 6 nitrogen and oxygen atoms in total. The van der Waals surface area contributed by atoms with E-state index in [1.807, 2.05) is 25.5 Å². The number of nitrogens with zero attached hydrogens (tertiary/aromatic N) is 1. The van der Waals surface area contributed by atoms with Gasteiger partial charge in [0.1, 0.15) is 12.4 Å². The molecular formula is C18H19FN2O4. The predicted octanol–water partition coefficient (Wildman–Crippen LogP) is 1.94. The number of halogens is 1. The maximum atomic E-state index is 12.8. The first-order valence-corrected chi connectivity index (χ1v) is 7.65. The van der Waals surface area contributed by atoms with E-state index in [4.69, 9.17) is 4.74 Å². The smallest absolute Gasteiger partial charge is 0.325 e. The van der Waals surface area contributed by atoms with Crippen molar-refractivity contribution in [3.63, 3.8) is 0 Å². The van der Waals surface area contributed by atoms with E-state index >= 15 is 0 Å². The fourth-order valence-electron chi connectivity index (χ4n) is 2.27. The molecular weight excluding hydrogens is 327 g/mol. The molecule has 1 aromatic carbocycles. The highest BCUT2D eigenvalue weighted by Gasteiger charge is 2.16. The number of hydrogen-bond acceptors (Lipinski definition) is 4. The first-order chi connectivity index (χ1) is 11.8. The lowest BCUT2D eigenvalue weighted by Crippen LogP contribution is -2.31. The average Bonchev–Trinajstić information content (AvgIpc) is 2.85. The molecule has 1 N–H and O–H groups in total. The lowest BCUT2D eigenvalue weighted by molar-refractivity contribution is -0.141. The Morgan fingerprint density at radius 2 is 1.80 bits per heavy atom. The van der Waals surface area contributed by atoms with Crippen molar-refractivity contribution in [3.05, 3.63) is 58.7 Å². The van der Waals surface area contributed by atoms with Crippen molar-refractivity contribution in [2.45, 2.75) is 13.8 Å². The van der Waals surface area contributed by atoms with Gasteiger partial charge in [-0.3, -0.25) is 14.4 Å². The van der Waals surface area contributed by atoms with Gasteiger partial charge in [-0.25, -0.2) is 4.39 Å². The molecule has 0 aliphatic rings. The Labute approximate surface area is 144 Å². The molecule has 0 aliphatic heterocycles. The third-order valence-electron chi connectivity index (χ3n) is 3.94. The Balaban J connectivity index is 1.82. The summed E-state index contributed by atoms with van der Waals surface area (Å²) < 4.78 is 19.6. The molecule has 0 aliphatic carbocycles. The van der Waals surface area contributed by atoms with Crippen LogP contribution in [0.2, 0.25) is 0 Å². The topological polar surface area (TPSA) is 77.4 Å². The largest absolute Gasteiger partial charge is 0.456 e. The maximum absolute atomic E-state index is 12.8. The highest BCUT2D eigenvalue weighted by Crippen LogP contribution is 2.13. The van der Waals surface area contributed by atoms with E-state index in [2.05, 4.69) is 5.32 Å². The van der Waals surface area contributed by atoms with Gasteiger partial charge in [0.25, 0.3) is 5.91 Å². The van der Waals surface area contributed by atoms with Crippen LogP contribution in [0.3, 0.4) is 0 Å². The monoisotopic (exact) mass is 346 g/mol. The Kier molecular flexibility index (Phi) is 5.69. The Morgan fingerprint density at radius 3 is 2.36 bits per heavy atom. The lowest BCUT2D eigenvalue weighted by atomic mass is 10.1. The van der Waals surface area contributed by atoms with E-state index in [-0.39, 0.29) is 17.9 Å². The van der Waals surface area contributed by atoms with Gasteiger partial charge in [-0.1, -0.05) is 0 Å². The van der Waals surface area contributed by atoms with E-state index < -0.39 is 24.3 Å². The molecule has 1 aromatic heterocycles. The van der Waals surface area contributed by atoms with Crippen LogP contribution in [0, 0.1) is 19.7 Å². The number of rotatable bonds is 6. The molecule has 0 atom stereocenters. The van der Waals surface area contributed by atoms with Crippen LogP contribution in [0.1, 0.15) is 32.1 Å². The second-order valence-corrected chi connectivity index (χ2v) is 5.62. The summed E-state index contributed by atoms with van der Waals surface area (Å²) in [7, 11) is 1.85. The van der Waals surface area contributed by atoms with E-state index in [0.29, 0.717) is 5.56 Å². The fourth-order valence-corrected chi connectivity index (χ4v) is 2.27. The molecule has 0 unspecified atom stereocenters. The number of ketones is 1. The molecule has 0 fully saturated rings. The number of carbonyl (C=O) groups excluding carboxylic acids is 3. The molecule has 132 valence electrons. The van der Waals surface area contributed by atoms with Crippen LogP contribution < -0.4 is 5.32 Å². The second-order valence-electron chi connectivity index (χ2n) is 5.62. The van der Waals surface area contributed by atoms with E-state index in [0.717, 1.165) is 23.5 Å². The van der Waals surface area contributed by atoms with Crippen LogP contribution in [0.25, 0.3) is 0 Å². The van der Waals surface area contributed by atoms with Crippen LogP contribution in [0.5, 0.6) is 0 Å². The van der Waals surface area contributed by atoms with Gasteiger partial charge in [0.15, 0.2) is 6.61 Å². The maximum Gasteiger partial charge on any atom is 0.325 e. The van der Waals surface area contributed by atoms with Gasteiger partial charge < -0.3 is 14.6 Å². The number of benzene rings is 1. The fraction of sp³-hybridized carbons (Fsp3) is 0.278. The molecule has 0 saturated carbocycles. The summed E-state index contributed by atoms with van der Waals surface area (Å²) in [5.74, 6) is -2.02. The van der Waals surface area contributed by atoms with Crippen LogP contribution in [-0.4, -0.2) is 35.4 Å².